The lowest BCUT2D eigenvalue weighted by Crippen LogP contribution is -2.38. The minimum absolute atomic E-state index is 0.0526. The van der Waals surface area contributed by atoms with Crippen LogP contribution in [0.3, 0.4) is 0 Å². The number of fused-ring (bicyclic) bond motifs is 6. The summed E-state index contributed by atoms with van der Waals surface area (Å²) in [6, 6.07) is 8.22. The molecule has 1 aromatic carbocycles. The van der Waals surface area contributed by atoms with Gasteiger partial charge in [-0.3, -0.25) is 4.90 Å². The Morgan fingerprint density at radius 1 is 1.35 bits per heavy atom. The smallest absolute Gasteiger partial charge is 0.176 e. The lowest BCUT2D eigenvalue weighted by atomic mass is 9.90. The quantitative estimate of drug-likeness (QED) is 0.730. The van der Waals surface area contributed by atoms with Crippen LogP contribution in [0.5, 0.6) is 5.75 Å². The molecule has 0 bridgehead atoms. The van der Waals surface area contributed by atoms with Gasteiger partial charge in [0.15, 0.2) is 5.13 Å². The van der Waals surface area contributed by atoms with E-state index in [0.717, 1.165) is 37.2 Å². The average molecular weight is 328 g/mol. The molecular formula is C18H17FN2OS. The molecule has 2 aliphatic heterocycles. The first-order valence-electron chi connectivity index (χ1n) is 7.92. The molecule has 0 amide bonds. The lowest BCUT2D eigenvalue weighted by molar-refractivity contribution is 0.163. The molecule has 1 N–H and O–H groups in total. The highest BCUT2D eigenvalue weighted by Crippen LogP contribution is 2.43. The van der Waals surface area contributed by atoms with Gasteiger partial charge >= 0.3 is 0 Å². The maximum atomic E-state index is 13.7. The highest BCUT2D eigenvalue weighted by atomic mass is 32.1. The summed E-state index contributed by atoms with van der Waals surface area (Å²) in [5.41, 5.74) is 5.02. The Morgan fingerprint density at radius 2 is 2.26 bits per heavy atom. The molecule has 3 aromatic rings. The molecule has 1 atom stereocenters. The van der Waals surface area contributed by atoms with Gasteiger partial charge in [-0.2, -0.15) is 4.39 Å². The first-order chi connectivity index (χ1) is 11.2. The fraction of sp³-hybridized carbons (Fsp3) is 0.333. The molecule has 2 aromatic heterocycles. The third-order valence-corrected chi connectivity index (χ3v) is 6.25. The maximum Gasteiger partial charge on any atom is 0.176 e. The number of ether oxygens (including phenoxy) is 1. The number of halogens is 1. The van der Waals surface area contributed by atoms with Crippen LogP contribution in [0, 0.1) is 5.13 Å². The predicted octanol–water partition coefficient (Wildman–Crippen LogP) is 4.03. The fourth-order valence-electron chi connectivity index (χ4n) is 4.06. The minimum Gasteiger partial charge on any atom is -0.497 e. The van der Waals surface area contributed by atoms with Crippen molar-refractivity contribution in [1.29, 1.82) is 0 Å². The van der Waals surface area contributed by atoms with Crippen LogP contribution in [0.2, 0.25) is 0 Å². The molecule has 0 radical (unpaired) electrons. The third kappa shape index (κ3) is 1.96. The summed E-state index contributed by atoms with van der Waals surface area (Å²) in [7, 11) is 1.70. The Labute approximate surface area is 137 Å². The van der Waals surface area contributed by atoms with E-state index in [1.807, 2.05) is 6.07 Å². The first-order valence-corrected chi connectivity index (χ1v) is 8.74. The molecular weight excluding hydrogens is 311 g/mol. The van der Waals surface area contributed by atoms with Gasteiger partial charge < -0.3 is 9.72 Å². The average Bonchev–Trinajstić information content (AvgIpc) is 3.11. The molecule has 23 heavy (non-hydrogen) atoms. The van der Waals surface area contributed by atoms with E-state index in [-0.39, 0.29) is 5.13 Å². The van der Waals surface area contributed by atoms with Crippen molar-refractivity contribution >= 4 is 22.2 Å². The number of aromatic amines is 1. The fourth-order valence-corrected chi connectivity index (χ4v) is 5.13. The van der Waals surface area contributed by atoms with Crippen molar-refractivity contribution in [2.24, 2.45) is 0 Å². The number of thiophene rings is 1. The van der Waals surface area contributed by atoms with E-state index in [1.165, 1.54) is 38.4 Å². The molecule has 5 rings (SSSR count). The number of methoxy groups -OCH3 is 1. The van der Waals surface area contributed by atoms with Gasteiger partial charge in [-0.25, -0.2) is 0 Å². The van der Waals surface area contributed by atoms with Crippen LogP contribution in [0.1, 0.15) is 27.7 Å². The predicted molar refractivity (Wildman–Crippen MR) is 89.7 cm³/mol. The second-order valence-electron chi connectivity index (χ2n) is 6.37. The van der Waals surface area contributed by atoms with Crippen molar-refractivity contribution < 1.29 is 9.13 Å². The van der Waals surface area contributed by atoms with Crippen LogP contribution in [-0.4, -0.2) is 23.5 Å². The normalized spacial score (nSPS) is 20.2. The monoisotopic (exact) mass is 328 g/mol. The Hall–Kier alpha value is -1.85. The summed E-state index contributed by atoms with van der Waals surface area (Å²) >= 11 is 1.32. The summed E-state index contributed by atoms with van der Waals surface area (Å²) in [4.78, 5) is 7.26. The van der Waals surface area contributed by atoms with Crippen molar-refractivity contribution in [1.82, 2.24) is 9.88 Å². The van der Waals surface area contributed by atoms with Gasteiger partial charge in [0.2, 0.25) is 0 Å². The van der Waals surface area contributed by atoms with E-state index >= 15 is 0 Å². The molecule has 118 valence electrons. The second kappa shape index (κ2) is 4.82. The molecule has 3 nitrogen and oxygen atoms in total. The Kier molecular flexibility index (Phi) is 2.85. The van der Waals surface area contributed by atoms with Crippen molar-refractivity contribution in [3.05, 3.63) is 51.1 Å². The zero-order chi connectivity index (χ0) is 15.6. The SMILES string of the molecule is COc1ccc2[nH]c3c(c2c1)C[C@H]1c2sc(F)cc2CCN1C3. The maximum absolute atomic E-state index is 13.7. The molecule has 0 unspecified atom stereocenters. The van der Waals surface area contributed by atoms with Crippen molar-refractivity contribution in [2.75, 3.05) is 13.7 Å². The zero-order valence-electron chi connectivity index (χ0n) is 12.9. The number of hydrogen-bond acceptors (Lipinski definition) is 3. The molecule has 0 saturated carbocycles. The van der Waals surface area contributed by atoms with Gasteiger partial charge in [-0.15, -0.1) is 11.3 Å². The van der Waals surface area contributed by atoms with Gasteiger partial charge in [-0.1, -0.05) is 0 Å². The van der Waals surface area contributed by atoms with Crippen LogP contribution in [0.15, 0.2) is 24.3 Å². The summed E-state index contributed by atoms with van der Waals surface area (Å²) in [5, 5.41) is 1.19. The van der Waals surface area contributed by atoms with Crippen LogP contribution in [0.25, 0.3) is 10.9 Å². The number of nitrogens with one attached hydrogen (secondary N) is 1. The molecule has 0 fully saturated rings. The van der Waals surface area contributed by atoms with Crippen molar-refractivity contribution in [3.63, 3.8) is 0 Å². The number of aromatic nitrogens is 1. The number of nitrogens with zero attached hydrogens (tertiary/aromatic N) is 1. The molecule has 2 aliphatic rings. The number of rotatable bonds is 1. The van der Waals surface area contributed by atoms with Crippen LogP contribution in [-0.2, 0) is 19.4 Å². The van der Waals surface area contributed by atoms with Crippen LogP contribution >= 0.6 is 11.3 Å². The topological polar surface area (TPSA) is 28.3 Å². The highest BCUT2D eigenvalue weighted by molar-refractivity contribution is 7.10. The number of H-pyrrole nitrogens is 1. The van der Waals surface area contributed by atoms with Crippen LogP contribution < -0.4 is 4.74 Å². The molecule has 0 spiro atoms. The molecule has 0 saturated heterocycles. The van der Waals surface area contributed by atoms with E-state index in [0.29, 0.717) is 6.04 Å². The van der Waals surface area contributed by atoms with Gasteiger partial charge in [-0.05, 0) is 48.2 Å². The summed E-state index contributed by atoms with van der Waals surface area (Å²) < 4.78 is 19.1. The van der Waals surface area contributed by atoms with E-state index < -0.39 is 0 Å². The van der Waals surface area contributed by atoms with Crippen molar-refractivity contribution in [2.45, 2.75) is 25.4 Å². The second-order valence-corrected chi connectivity index (χ2v) is 7.41. The summed E-state index contributed by atoms with van der Waals surface area (Å²) in [6.07, 6.45) is 1.89. The largest absolute Gasteiger partial charge is 0.497 e. The van der Waals surface area contributed by atoms with E-state index in [1.54, 1.807) is 13.2 Å². The lowest BCUT2D eigenvalue weighted by Gasteiger charge is -2.38. The van der Waals surface area contributed by atoms with E-state index in [2.05, 4.69) is 22.0 Å². The van der Waals surface area contributed by atoms with E-state index in [4.69, 9.17) is 4.74 Å². The van der Waals surface area contributed by atoms with Gasteiger partial charge in [0.05, 0.1) is 7.11 Å². The number of hydrogen-bond donors (Lipinski definition) is 1. The zero-order valence-corrected chi connectivity index (χ0v) is 13.7. The first kappa shape index (κ1) is 13.6. The Bertz CT molecular complexity index is 913. The number of benzene rings is 1. The van der Waals surface area contributed by atoms with E-state index in [9.17, 15) is 4.39 Å². The van der Waals surface area contributed by atoms with Gasteiger partial charge in [0, 0.05) is 40.6 Å². The standard InChI is InChI=1S/C18H17FN2OS/c1-22-11-2-3-14-12(7-11)13-8-16-18-10(6-17(19)23-18)4-5-21(16)9-15(13)20-14/h2-3,6-7,16,20H,4-5,8-9H2,1H3/t16-/m0/s1. The molecule has 5 heteroatoms. The van der Waals surface area contributed by atoms with Crippen LogP contribution in [0.4, 0.5) is 4.39 Å². The van der Waals surface area contributed by atoms with Crippen molar-refractivity contribution in [3.8, 4) is 5.75 Å². The van der Waals surface area contributed by atoms with Gasteiger partial charge in [0.1, 0.15) is 5.75 Å². The minimum atomic E-state index is -0.0526. The Morgan fingerprint density at radius 3 is 3.13 bits per heavy atom. The Balaban J connectivity index is 1.64. The third-order valence-electron chi connectivity index (χ3n) is 5.18. The summed E-state index contributed by atoms with van der Waals surface area (Å²) in [6.45, 7) is 1.92. The molecule has 0 aliphatic carbocycles. The summed E-state index contributed by atoms with van der Waals surface area (Å²) in [5.74, 6) is 0.883. The highest BCUT2D eigenvalue weighted by Gasteiger charge is 2.35. The molecule has 4 heterocycles. The van der Waals surface area contributed by atoms with Gasteiger partial charge in [0.25, 0.3) is 0 Å².